The molecule has 1 saturated heterocycles. The molecule has 144 valence electrons. The summed E-state index contributed by atoms with van der Waals surface area (Å²) in [5.74, 6) is 1.47. The van der Waals surface area contributed by atoms with E-state index in [-0.39, 0.29) is 5.92 Å². The van der Waals surface area contributed by atoms with E-state index in [2.05, 4.69) is 26.9 Å². The molecule has 1 saturated carbocycles. The fourth-order valence-corrected chi connectivity index (χ4v) is 4.00. The third kappa shape index (κ3) is 4.99. The Morgan fingerprint density at radius 2 is 2.15 bits per heavy atom. The van der Waals surface area contributed by atoms with Crippen molar-refractivity contribution in [3.8, 4) is 0 Å². The van der Waals surface area contributed by atoms with Crippen LogP contribution in [0.4, 0.5) is 0 Å². The van der Waals surface area contributed by atoms with E-state index in [9.17, 15) is 4.79 Å². The van der Waals surface area contributed by atoms with Gasteiger partial charge in [0.1, 0.15) is 0 Å². The van der Waals surface area contributed by atoms with Crippen LogP contribution in [0, 0.1) is 5.92 Å². The van der Waals surface area contributed by atoms with Gasteiger partial charge in [-0.3, -0.25) is 14.5 Å². The van der Waals surface area contributed by atoms with Crippen LogP contribution in [-0.4, -0.2) is 59.3 Å². The largest absolute Gasteiger partial charge is 0.356 e. The average molecular weight is 361 g/mol. The first-order valence-corrected chi connectivity index (χ1v) is 9.89. The van der Waals surface area contributed by atoms with E-state index in [1.54, 1.807) is 7.05 Å². The number of likely N-dealkylation sites (tertiary alicyclic amines) is 1. The molecule has 1 amide bonds. The number of nitrogens with one attached hydrogen (secondary N) is 2. The fraction of sp³-hybridized carbons (Fsp3) is 0.737. The van der Waals surface area contributed by atoms with E-state index in [1.165, 1.54) is 18.4 Å². The van der Waals surface area contributed by atoms with Gasteiger partial charge < -0.3 is 15.5 Å². The minimum atomic E-state index is 0.277. The topological polar surface area (TPSA) is 74.6 Å². The number of amides is 1. The molecule has 3 rings (SSSR count). The third-order valence-corrected chi connectivity index (χ3v) is 5.46. The van der Waals surface area contributed by atoms with Gasteiger partial charge in [-0.15, -0.1) is 0 Å². The Morgan fingerprint density at radius 1 is 1.35 bits per heavy atom. The number of carbonyl (C=O) groups excluding carboxylic acids is 1. The summed E-state index contributed by atoms with van der Waals surface area (Å²) in [6, 6.07) is 0.296. The highest BCUT2D eigenvalue weighted by Crippen LogP contribution is 2.27. The van der Waals surface area contributed by atoms with Crippen LogP contribution in [0.5, 0.6) is 0 Å². The molecule has 7 nitrogen and oxygen atoms in total. The van der Waals surface area contributed by atoms with Gasteiger partial charge >= 0.3 is 0 Å². The van der Waals surface area contributed by atoms with Crippen LogP contribution in [0.25, 0.3) is 0 Å². The lowest BCUT2D eigenvalue weighted by Crippen LogP contribution is -2.45. The molecule has 0 bridgehead atoms. The molecule has 1 unspecified atom stereocenters. The van der Waals surface area contributed by atoms with Crippen molar-refractivity contribution in [2.75, 3.05) is 26.7 Å². The SMILES string of the molecule is CN=C(NCCCc1cnn(C)c1)NC1CCN(C(=O)C2CCCC2)C1. The molecule has 1 aromatic rings. The summed E-state index contributed by atoms with van der Waals surface area (Å²) in [7, 11) is 3.74. The molecule has 2 heterocycles. The van der Waals surface area contributed by atoms with Crippen molar-refractivity contribution in [3.63, 3.8) is 0 Å². The van der Waals surface area contributed by atoms with Gasteiger partial charge in [-0.2, -0.15) is 5.10 Å². The monoisotopic (exact) mass is 360 g/mol. The number of nitrogens with zero attached hydrogens (tertiary/aromatic N) is 4. The molecule has 0 aromatic carbocycles. The molecule has 1 aromatic heterocycles. The zero-order valence-electron chi connectivity index (χ0n) is 16.1. The predicted molar refractivity (Wildman–Crippen MR) is 103 cm³/mol. The first-order chi connectivity index (χ1) is 12.7. The van der Waals surface area contributed by atoms with Crippen LogP contribution in [0.1, 0.15) is 44.1 Å². The maximum atomic E-state index is 12.5. The van der Waals surface area contributed by atoms with E-state index in [1.807, 2.05) is 22.8 Å². The van der Waals surface area contributed by atoms with Crippen LogP contribution in [0.2, 0.25) is 0 Å². The van der Waals surface area contributed by atoms with Crippen molar-refractivity contribution in [2.45, 2.75) is 51.0 Å². The van der Waals surface area contributed by atoms with Gasteiger partial charge in [0.15, 0.2) is 5.96 Å². The number of carbonyl (C=O) groups is 1. The quantitative estimate of drug-likeness (QED) is 0.456. The first-order valence-electron chi connectivity index (χ1n) is 9.89. The second kappa shape index (κ2) is 9.05. The van der Waals surface area contributed by atoms with Gasteiger partial charge in [-0.1, -0.05) is 12.8 Å². The van der Waals surface area contributed by atoms with Crippen molar-refractivity contribution in [1.82, 2.24) is 25.3 Å². The second-order valence-corrected chi connectivity index (χ2v) is 7.52. The molecular formula is C19H32N6O. The highest BCUT2D eigenvalue weighted by molar-refractivity contribution is 5.81. The highest BCUT2D eigenvalue weighted by atomic mass is 16.2. The Bertz CT molecular complexity index is 619. The van der Waals surface area contributed by atoms with Crippen LogP contribution >= 0.6 is 0 Å². The maximum Gasteiger partial charge on any atom is 0.225 e. The van der Waals surface area contributed by atoms with Gasteiger partial charge in [-0.05, 0) is 37.7 Å². The Balaban J connectivity index is 1.36. The number of aryl methyl sites for hydroxylation is 2. The van der Waals surface area contributed by atoms with Gasteiger partial charge in [0.2, 0.25) is 5.91 Å². The number of guanidine groups is 1. The minimum Gasteiger partial charge on any atom is -0.356 e. The molecule has 0 radical (unpaired) electrons. The molecule has 2 N–H and O–H groups in total. The zero-order valence-corrected chi connectivity index (χ0v) is 16.1. The van der Waals surface area contributed by atoms with E-state index in [0.29, 0.717) is 11.9 Å². The normalized spacial score (nSPS) is 21.4. The molecule has 26 heavy (non-hydrogen) atoms. The smallest absolute Gasteiger partial charge is 0.225 e. The molecule has 2 aliphatic rings. The molecular weight excluding hydrogens is 328 g/mol. The summed E-state index contributed by atoms with van der Waals surface area (Å²) in [4.78, 5) is 18.9. The van der Waals surface area contributed by atoms with Crippen molar-refractivity contribution in [2.24, 2.45) is 18.0 Å². The number of hydrogen-bond donors (Lipinski definition) is 2. The molecule has 2 fully saturated rings. The third-order valence-electron chi connectivity index (χ3n) is 5.46. The van der Waals surface area contributed by atoms with E-state index in [0.717, 1.165) is 57.7 Å². The summed E-state index contributed by atoms with van der Waals surface area (Å²) in [6.45, 7) is 2.53. The summed E-state index contributed by atoms with van der Waals surface area (Å²) in [5.41, 5.74) is 1.26. The second-order valence-electron chi connectivity index (χ2n) is 7.52. The van der Waals surface area contributed by atoms with Gasteiger partial charge in [0.05, 0.1) is 6.20 Å². The van der Waals surface area contributed by atoms with Crippen molar-refractivity contribution >= 4 is 11.9 Å². The molecule has 0 spiro atoms. The summed E-state index contributed by atoms with van der Waals surface area (Å²) >= 11 is 0. The number of hydrogen-bond acceptors (Lipinski definition) is 3. The zero-order chi connectivity index (χ0) is 18.4. The lowest BCUT2D eigenvalue weighted by Gasteiger charge is -2.21. The summed E-state index contributed by atoms with van der Waals surface area (Å²) in [5, 5.41) is 11.0. The highest BCUT2D eigenvalue weighted by Gasteiger charge is 2.32. The van der Waals surface area contributed by atoms with Crippen LogP contribution in [-0.2, 0) is 18.3 Å². The molecule has 1 atom stereocenters. The Labute approximate surface area is 156 Å². The summed E-state index contributed by atoms with van der Waals surface area (Å²) < 4.78 is 1.84. The van der Waals surface area contributed by atoms with E-state index in [4.69, 9.17) is 0 Å². The Morgan fingerprint density at radius 3 is 2.85 bits per heavy atom. The maximum absolute atomic E-state index is 12.5. The number of aliphatic imine (C=N–C) groups is 1. The van der Waals surface area contributed by atoms with Crippen molar-refractivity contribution in [3.05, 3.63) is 18.0 Å². The minimum absolute atomic E-state index is 0.277. The standard InChI is InChI=1S/C19H32N6O/c1-20-19(21-10-5-6-15-12-22-24(2)13-15)23-17-9-11-25(14-17)18(26)16-7-3-4-8-16/h12-13,16-17H,3-11,14H2,1-2H3,(H2,20,21,23). The molecule has 1 aliphatic carbocycles. The average Bonchev–Trinajstić information content (AvgIpc) is 3.39. The molecule has 7 heteroatoms. The predicted octanol–water partition coefficient (Wildman–Crippen LogP) is 1.31. The lowest BCUT2D eigenvalue weighted by atomic mass is 10.1. The van der Waals surface area contributed by atoms with Crippen LogP contribution in [0.3, 0.4) is 0 Å². The summed E-state index contributed by atoms with van der Waals surface area (Å²) in [6.07, 6.45) is 11.6. The van der Waals surface area contributed by atoms with Crippen LogP contribution < -0.4 is 10.6 Å². The van der Waals surface area contributed by atoms with E-state index < -0.39 is 0 Å². The lowest BCUT2D eigenvalue weighted by molar-refractivity contribution is -0.134. The Hall–Kier alpha value is -2.05. The fourth-order valence-electron chi connectivity index (χ4n) is 4.00. The van der Waals surface area contributed by atoms with Gasteiger partial charge in [0.25, 0.3) is 0 Å². The number of rotatable bonds is 6. The first kappa shape index (κ1) is 18.7. The Kier molecular flexibility index (Phi) is 6.52. The van der Waals surface area contributed by atoms with Crippen molar-refractivity contribution in [1.29, 1.82) is 0 Å². The van der Waals surface area contributed by atoms with Crippen LogP contribution in [0.15, 0.2) is 17.4 Å². The van der Waals surface area contributed by atoms with E-state index >= 15 is 0 Å². The van der Waals surface area contributed by atoms with Gasteiger partial charge in [0, 0.05) is 51.9 Å². The van der Waals surface area contributed by atoms with Crippen molar-refractivity contribution < 1.29 is 4.79 Å². The number of aromatic nitrogens is 2. The van der Waals surface area contributed by atoms with Gasteiger partial charge in [-0.25, -0.2) is 0 Å². The molecule has 1 aliphatic heterocycles.